The maximum atomic E-state index is 12.7. The molecule has 1 aliphatic rings. The van der Waals surface area contributed by atoms with Crippen molar-refractivity contribution in [1.29, 1.82) is 0 Å². The molecule has 20 heavy (non-hydrogen) atoms. The van der Waals surface area contributed by atoms with Crippen molar-refractivity contribution in [3.05, 3.63) is 29.3 Å². The van der Waals surface area contributed by atoms with Crippen molar-refractivity contribution < 1.29 is 4.79 Å². The van der Waals surface area contributed by atoms with E-state index in [9.17, 15) is 4.79 Å². The van der Waals surface area contributed by atoms with E-state index in [-0.39, 0.29) is 11.4 Å². The van der Waals surface area contributed by atoms with Crippen LogP contribution in [0.5, 0.6) is 0 Å². The minimum Gasteiger partial charge on any atom is -0.324 e. The standard InChI is InChI=1S/C17H26N2O/c1-5-17(10-7-11-18-17)16(20)19-15-13(4)8-6-9-14(15)12(2)3/h6,8-9,12,18H,5,7,10-11H2,1-4H3,(H,19,20). The zero-order valence-electron chi connectivity index (χ0n) is 13.0. The van der Waals surface area contributed by atoms with Gasteiger partial charge < -0.3 is 10.6 Å². The number of hydrogen-bond acceptors (Lipinski definition) is 2. The van der Waals surface area contributed by atoms with Gasteiger partial charge in [0.25, 0.3) is 0 Å². The number of nitrogens with one attached hydrogen (secondary N) is 2. The van der Waals surface area contributed by atoms with Gasteiger partial charge in [-0.25, -0.2) is 0 Å². The van der Waals surface area contributed by atoms with E-state index < -0.39 is 0 Å². The van der Waals surface area contributed by atoms with Gasteiger partial charge in [0.1, 0.15) is 0 Å². The number of aryl methyl sites for hydroxylation is 1. The van der Waals surface area contributed by atoms with Gasteiger partial charge in [-0.2, -0.15) is 0 Å². The Kier molecular flexibility index (Phi) is 4.48. The summed E-state index contributed by atoms with van der Waals surface area (Å²) in [4.78, 5) is 12.7. The van der Waals surface area contributed by atoms with Gasteiger partial charge in [0.05, 0.1) is 5.54 Å². The van der Waals surface area contributed by atoms with Crippen LogP contribution in [0.4, 0.5) is 5.69 Å². The lowest BCUT2D eigenvalue weighted by molar-refractivity contribution is -0.122. The van der Waals surface area contributed by atoms with Crippen LogP contribution in [0.1, 0.15) is 57.1 Å². The topological polar surface area (TPSA) is 41.1 Å². The molecule has 1 amide bonds. The number of benzene rings is 1. The van der Waals surface area contributed by atoms with Crippen molar-refractivity contribution in [3.63, 3.8) is 0 Å². The molecule has 1 aromatic carbocycles. The first-order valence-electron chi connectivity index (χ1n) is 7.66. The van der Waals surface area contributed by atoms with Gasteiger partial charge in [-0.05, 0) is 49.8 Å². The molecule has 1 fully saturated rings. The highest BCUT2D eigenvalue weighted by molar-refractivity contribution is 5.99. The van der Waals surface area contributed by atoms with E-state index in [0.29, 0.717) is 5.92 Å². The Labute approximate surface area is 122 Å². The summed E-state index contributed by atoms with van der Waals surface area (Å²) in [5.41, 5.74) is 2.96. The predicted octanol–water partition coefficient (Wildman–Crippen LogP) is 3.59. The summed E-state index contributed by atoms with van der Waals surface area (Å²) < 4.78 is 0. The van der Waals surface area contributed by atoms with Crippen LogP contribution in [0.25, 0.3) is 0 Å². The second kappa shape index (κ2) is 5.96. The Morgan fingerprint density at radius 3 is 2.75 bits per heavy atom. The van der Waals surface area contributed by atoms with Crippen LogP contribution in [0.2, 0.25) is 0 Å². The Hall–Kier alpha value is -1.35. The first-order valence-corrected chi connectivity index (χ1v) is 7.66. The zero-order chi connectivity index (χ0) is 14.8. The van der Waals surface area contributed by atoms with Crippen molar-refractivity contribution in [3.8, 4) is 0 Å². The molecular formula is C17H26N2O. The molecule has 3 heteroatoms. The van der Waals surface area contributed by atoms with Crippen LogP contribution in [-0.4, -0.2) is 18.0 Å². The van der Waals surface area contributed by atoms with E-state index in [1.807, 2.05) is 0 Å². The molecule has 0 saturated carbocycles. The summed E-state index contributed by atoms with van der Waals surface area (Å²) in [5, 5.41) is 6.59. The van der Waals surface area contributed by atoms with Crippen LogP contribution in [0.15, 0.2) is 18.2 Å². The monoisotopic (exact) mass is 274 g/mol. The fourth-order valence-corrected chi connectivity index (χ4v) is 3.04. The molecule has 1 unspecified atom stereocenters. The van der Waals surface area contributed by atoms with Gasteiger partial charge in [0.15, 0.2) is 0 Å². The summed E-state index contributed by atoms with van der Waals surface area (Å²) in [5.74, 6) is 0.521. The number of carbonyl (C=O) groups excluding carboxylic acids is 1. The maximum absolute atomic E-state index is 12.7. The second-order valence-electron chi connectivity index (χ2n) is 6.11. The molecule has 110 valence electrons. The van der Waals surface area contributed by atoms with Gasteiger partial charge in [0.2, 0.25) is 5.91 Å². The lowest BCUT2D eigenvalue weighted by Crippen LogP contribution is -2.50. The van der Waals surface area contributed by atoms with Crippen molar-refractivity contribution >= 4 is 11.6 Å². The summed E-state index contributed by atoms with van der Waals surface area (Å²) in [6.07, 6.45) is 2.84. The highest BCUT2D eigenvalue weighted by Crippen LogP contribution is 2.30. The first kappa shape index (κ1) is 15.0. The lowest BCUT2D eigenvalue weighted by Gasteiger charge is -2.28. The molecule has 0 aromatic heterocycles. The summed E-state index contributed by atoms with van der Waals surface area (Å²) in [6.45, 7) is 9.40. The third-order valence-electron chi connectivity index (χ3n) is 4.45. The number of para-hydroxylation sites is 1. The number of rotatable bonds is 4. The zero-order valence-corrected chi connectivity index (χ0v) is 13.0. The molecule has 3 nitrogen and oxygen atoms in total. The van der Waals surface area contributed by atoms with Crippen LogP contribution in [-0.2, 0) is 4.79 Å². The van der Waals surface area contributed by atoms with E-state index in [1.165, 1.54) is 5.56 Å². The van der Waals surface area contributed by atoms with E-state index in [0.717, 1.165) is 37.1 Å². The highest BCUT2D eigenvalue weighted by atomic mass is 16.2. The summed E-state index contributed by atoms with van der Waals surface area (Å²) in [6, 6.07) is 6.22. The number of carbonyl (C=O) groups is 1. The molecule has 1 saturated heterocycles. The van der Waals surface area contributed by atoms with Gasteiger partial charge in [-0.15, -0.1) is 0 Å². The Bertz CT molecular complexity index is 488. The van der Waals surface area contributed by atoms with Crippen molar-refractivity contribution in [2.75, 3.05) is 11.9 Å². The van der Waals surface area contributed by atoms with Gasteiger partial charge in [0, 0.05) is 5.69 Å². The summed E-state index contributed by atoms with van der Waals surface area (Å²) >= 11 is 0. The number of amides is 1. The Balaban J connectivity index is 2.28. The molecule has 2 N–H and O–H groups in total. The van der Waals surface area contributed by atoms with Crippen LogP contribution < -0.4 is 10.6 Å². The summed E-state index contributed by atoms with van der Waals surface area (Å²) in [7, 11) is 0. The number of anilines is 1. The van der Waals surface area contributed by atoms with E-state index in [2.05, 4.69) is 56.5 Å². The molecule has 0 radical (unpaired) electrons. The maximum Gasteiger partial charge on any atom is 0.244 e. The van der Waals surface area contributed by atoms with Crippen molar-refractivity contribution in [1.82, 2.24) is 5.32 Å². The molecule has 1 aliphatic heterocycles. The lowest BCUT2D eigenvalue weighted by atomic mass is 9.92. The smallest absolute Gasteiger partial charge is 0.244 e. The Morgan fingerprint density at radius 1 is 1.45 bits per heavy atom. The highest BCUT2D eigenvalue weighted by Gasteiger charge is 2.39. The molecule has 0 spiro atoms. The normalized spacial score (nSPS) is 22.2. The number of hydrogen-bond donors (Lipinski definition) is 2. The van der Waals surface area contributed by atoms with E-state index >= 15 is 0 Å². The minimum atomic E-state index is -0.378. The van der Waals surface area contributed by atoms with E-state index in [1.54, 1.807) is 0 Å². The average Bonchev–Trinajstić information content (AvgIpc) is 2.90. The fourth-order valence-electron chi connectivity index (χ4n) is 3.04. The molecule has 0 aliphatic carbocycles. The SMILES string of the molecule is CCC1(C(=O)Nc2c(C)cccc2C(C)C)CCCN1. The molecule has 0 bridgehead atoms. The minimum absolute atomic E-state index is 0.119. The third kappa shape index (κ3) is 2.73. The van der Waals surface area contributed by atoms with Crippen molar-refractivity contribution in [2.24, 2.45) is 0 Å². The van der Waals surface area contributed by atoms with Crippen LogP contribution in [0.3, 0.4) is 0 Å². The van der Waals surface area contributed by atoms with Gasteiger partial charge in [-0.1, -0.05) is 39.0 Å². The predicted molar refractivity (Wildman–Crippen MR) is 84.2 cm³/mol. The largest absolute Gasteiger partial charge is 0.324 e. The fraction of sp³-hybridized carbons (Fsp3) is 0.588. The van der Waals surface area contributed by atoms with Gasteiger partial charge in [-0.3, -0.25) is 4.79 Å². The molecule has 1 aromatic rings. The second-order valence-corrected chi connectivity index (χ2v) is 6.11. The van der Waals surface area contributed by atoms with Crippen LogP contribution >= 0.6 is 0 Å². The van der Waals surface area contributed by atoms with Crippen molar-refractivity contribution in [2.45, 2.75) is 58.4 Å². The molecule has 1 atom stereocenters. The molecule has 1 heterocycles. The Morgan fingerprint density at radius 2 is 2.20 bits per heavy atom. The third-order valence-corrected chi connectivity index (χ3v) is 4.45. The quantitative estimate of drug-likeness (QED) is 0.881. The van der Waals surface area contributed by atoms with Gasteiger partial charge >= 0.3 is 0 Å². The first-order chi connectivity index (χ1) is 9.50. The molecular weight excluding hydrogens is 248 g/mol. The van der Waals surface area contributed by atoms with E-state index in [4.69, 9.17) is 0 Å². The van der Waals surface area contributed by atoms with Crippen LogP contribution in [0, 0.1) is 6.92 Å². The average molecular weight is 274 g/mol. The molecule has 2 rings (SSSR count).